The Morgan fingerprint density at radius 1 is 1.73 bits per heavy atom. The van der Waals surface area contributed by atoms with Crippen LogP contribution in [0.5, 0.6) is 0 Å². The van der Waals surface area contributed by atoms with Crippen LogP contribution in [0.4, 0.5) is 0 Å². The van der Waals surface area contributed by atoms with Crippen LogP contribution in [0.1, 0.15) is 13.3 Å². The molecule has 0 aromatic heterocycles. The zero-order valence-corrected chi connectivity index (χ0v) is 7.05. The highest BCUT2D eigenvalue weighted by Crippen LogP contribution is 2.04. The largest absolute Gasteiger partial charge is 0.387 e. The minimum absolute atomic E-state index is 0.101. The third-order valence-corrected chi connectivity index (χ3v) is 1.68. The van der Waals surface area contributed by atoms with Crippen LogP contribution in [-0.2, 0) is 4.79 Å². The molecule has 1 rings (SSSR count). The molecule has 3 nitrogen and oxygen atoms in total. The summed E-state index contributed by atoms with van der Waals surface area (Å²) in [5, 5.41) is 3.19. The first-order chi connectivity index (χ1) is 5.24. The number of nitrogens with one attached hydrogen (secondary N) is 1. The standard InChI is InChI=1S/C8H14N2O/c1-3-4-9-7-5-8(11)10(2)6-7/h5,9H,3-4,6H2,1-2H3. The van der Waals surface area contributed by atoms with Crippen molar-refractivity contribution in [3.05, 3.63) is 11.8 Å². The lowest BCUT2D eigenvalue weighted by atomic mass is 10.4. The van der Waals surface area contributed by atoms with E-state index in [1.165, 1.54) is 0 Å². The Morgan fingerprint density at radius 3 is 2.91 bits per heavy atom. The van der Waals surface area contributed by atoms with Crippen LogP contribution >= 0.6 is 0 Å². The van der Waals surface area contributed by atoms with Crippen LogP contribution < -0.4 is 5.32 Å². The van der Waals surface area contributed by atoms with E-state index < -0.39 is 0 Å². The quantitative estimate of drug-likeness (QED) is 0.636. The minimum Gasteiger partial charge on any atom is -0.387 e. The molecule has 1 aliphatic heterocycles. The number of nitrogens with zero attached hydrogens (tertiary/aromatic N) is 1. The van der Waals surface area contributed by atoms with Gasteiger partial charge in [0, 0.05) is 25.4 Å². The van der Waals surface area contributed by atoms with E-state index >= 15 is 0 Å². The Bertz CT molecular complexity index is 187. The summed E-state index contributed by atoms with van der Waals surface area (Å²) in [6.07, 6.45) is 2.75. The summed E-state index contributed by atoms with van der Waals surface area (Å²) in [6, 6.07) is 0. The van der Waals surface area contributed by atoms with Crippen molar-refractivity contribution in [2.75, 3.05) is 20.1 Å². The lowest BCUT2D eigenvalue weighted by Crippen LogP contribution is -2.23. The van der Waals surface area contributed by atoms with Crippen molar-refractivity contribution in [2.24, 2.45) is 0 Å². The van der Waals surface area contributed by atoms with Crippen LogP contribution in [0.25, 0.3) is 0 Å². The molecule has 0 radical (unpaired) electrons. The van der Waals surface area contributed by atoms with Crippen LogP contribution in [0, 0.1) is 0 Å². The Morgan fingerprint density at radius 2 is 2.45 bits per heavy atom. The molecule has 0 spiro atoms. The lowest BCUT2D eigenvalue weighted by molar-refractivity contribution is -0.123. The Kier molecular flexibility index (Phi) is 2.52. The van der Waals surface area contributed by atoms with Gasteiger partial charge in [0.2, 0.25) is 5.91 Å². The maximum Gasteiger partial charge on any atom is 0.248 e. The Hall–Kier alpha value is -0.990. The van der Waals surface area contributed by atoms with Crippen LogP contribution in [-0.4, -0.2) is 30.9 Å². The van der Waals surface area contributed by atoms with E-state index in [0.29, 0.717) is 0 Å². The van der Waals surface area contributed by atoms with Gasteiger partial charge in [0.1, 0.15) is 0 Å². The van der Waals surface area contributed by atoms with Gasteiger partial charge in [0.05, 0.1) is 6.54 Å². The first-order valence-corrected chi connectivity index (χ1v) is 3.93. The van der Waals surface area contributed by atoms with Gasteiger partial charge in [-0.3, -0.25) is 4.79 Å². The Labute approximate surface area is 67.1 Å². The fourth-order valence-corrected chi connectivity index (χ4v) is 1.03. The summed E-state index contributed by atoms with van der Waals surface area (Å²) in [5.74, 6) is 0.101. The number of carbonyl (C=O) groups is 1. The molecule has 1 heterocycles. The molecule has 0 aromatic carbocycles. The topological polar surface area (TPSA) is 32.3 Å². The summed E-state index contributed by atoms with van der Waals surface area (Å²) < 4.78 is 0. The highest BCUT2D eigenvalue weighted by molar-refractivity contribution is 5.90. The summed E-state index contributed by atoms with van der Waals surface area (Å²) in [4.78, 5) is 12.6. The third kappa shape index (κ3) is 1.97. The van der Waals surface area contributed by atoms with Gasteiger partial charge >= 0.3 is 0 Å². The molecule has 0 saturated carbocycles. The SMILES string of the molecule is CCCNC1=CC(=O)N(C)C1. The van der Waals surface area contributed by atoms with E-state index in [-0.39, 0.29) is 5.91 Å². The van der Waals surface area contributed by atoms with Gasteiger partial charge in [-0.05, 0) is 6.42 Å². The summed E-state index contributed by atoms with van der Waals surface area (Å²) >= 11 is 0. The second-order valence-corrected chi connectivity index (χ2v) is 2.79. The van der Waals surface area contributed by atoms with E-state index in [0.717, 1.165) is 25.2 Å². The van der Waals surface area contributed by atoms with Crippen molar-refractivity contribution in [3.8, 4) is 0 Å². The molecule has 0 aromatic rings. The average molecular weight is 154 g/mol. The van der Waals surface area contributed by atoms with Crippen LogP contribution in [0.15, 0.2) is 11.8 Å². The molecule has 0 atom stereocenters. The Balaban J connectivity index is 2.37. The fraction of sp³-hybridized carbons (Fsp3) is 0.625. The predicted molar refractivity (Wildman–Crippen MR) is 44.0 cm³/mol. The number of hydrogen-bond acceptors (Lipinski definition) is 2. The number of amides is 1. The molecule has 1 amide bonds. The van der Waals surface area contributed by atoms with Crippen LogP contribution in [0.3, 0.4) is 0 Å². The second-order valence-electron chi connectivity index (χ2n) is 2.79. The molecule has 0 saturated heterocycles. The molecule has 11 heavy (non-hydrogen) atoms. The van der Waals surface area contributed by atoms with Crippen molar-refractivity contribution < 1.29 is 4.79 Å². The molecule has 3 heteroatoms. The normalized spacial score (nSPS) is 17.1. The van der Waals surface area contributed by atoms with Crippen molar-refractivity contribution in [3.63, 3.8) is 0 Å². The molecule has 1 N–H and O–H groups in total. The van der Waals surface area contributed by atoms with E-state index in [1.807, 2.05) is 0 Å². The zero-order valence-electron chi connectivity index (χ0n) is 7.05. The van der Waals surface area contributed by atoms with Gasteiger partial charge in [-0.2, -0.15) is 0 Å². The number of carbonyl (C=O) groups excluding carboxylic acids is 1. The average Bonchev–Trinajstić information content (AvgIpc) is 2.28. The first-order valence-electron chi connectivity index (χ1n) is 3.93. The maximum absolute atomic E-state index is 11.0. The summed E-state index contributed by atoms with van der Waals surface area (Å²) in [5.41, 5.74) is 1.04. The van der Waals surface area contributed by atoms with Gasteiger partial charge in [-0.1, -0.05) is 6.92 Å². The van der Waals surface area contributed by atoms with Crippen LogP contribution in [0.2, 0.25) is 0 Å². The van der Waals surface area contributed by atoms with Crippen molar-refractivity contribution >= 4 is 5.91 Å². The van der Waals surface area contributed by atoms with E-state index in [2.05, 4.69) is 12.2 Å². The van der Waals surface area contributed by atoms with Crippen molar-refractivity contribution in [2.45, 2.75) is 13.3 Å². The molecule has 1 aliphatic rings. The second kappa shape index (κ2) is 3.42. The van der Waals surface area contributed by atoms with E-state index in [4.69, 9.17) is 0 Å². The molecule has 62 valence electrons. The number of rotatable bonds is 3. The minimum atomic E-state index is 0.101. The molecular weight excluding hydrogens is 140 g/mol. The van der Waals surface area contributed by atoms with Gasteiger partial charge < -0.3 is 10.2 Å². The number of hydrogen-bond donors (Lipinski definition) is 1. The zero-order chi connectivity index (χ0) is 8.27. The fourth-order valence-electron chi connectivity index (χ4n) is 1.03. The van der Waals surface area contributed by atoms with Gasteiger partial charge in [-0.25, -0.2) is 0 Å². The molecule has 0 aliphatic carbocycles. The van der Waals surface area contributed by atoms with Gasteiger partial charge in [0.25, 0.3) is 0 Å². The van der Waals surface area contributed by atoms with Gasteiger partial charge in [0.15, 0.2) is 0 Å². The predicted octanol–water partition coefficient (Wildman–Crippen LogP) is 0.342. The number of likely N-dealkylation sites (N-methyl/N-ethyl adjacent to an activating group) is 1. The smallest absolute Gasteiger partial charge is 0.248 e. The molecular formula is C8H14N2O. The molecule has 0 fully saturated rings. The highest BCUT2D eigenvalue weighted by atomic mass is 16.2. The first kappa shape index (κ1) is 8.11. The van der Waals surface area contributed by atoms with Gasteiger partial charge in [-0.15, -0.1) is 0 Å². The summed E-state index contributed by atoms with van der Waals surface area (Å²) in [6.45, 7) is 3.79. The van der Waals surface area contributed by atoms with E-state index in [1.54, 1.807) is 18.0 Å². The van der Waals surface area contributed by atoms with Crippen molar-refractivity contribution in [1.29, 1.82) is 0 Å². The van der Waals surface area contributed by atoms with Crippen molar-refractivity contribution in [1.82, 2.24) is 10.2 Å². The third-order valence-electron chi connectivity index (χ3n) is 1.68. The lowest BCUT2D eigenvalue weighted by Gasteiger charge is -2.09. The van der Waals surface area contributed by atoms with E-state index in [9.17, 15) is 4.79 Å². The highest BCUT2D eigenvalue weighted by Gasteiger charge is 2.15. The monoisotopic (exact) mass is 154 g/mol. The molecule has 0 bridgehead atoms. The maximum atomic E-state index is 11.0. The molecule has 0 unspecified atom stereocenters. The summed E-state index contributed by atoms with van der Waals surface area (Å²) in [7, 11) is 1.81.